The van der Waals surface area contributed by atoms with Gasteiger partial charge in [-0.1, -0.05) is 24.6 Å². The molecular formula is C22H28O5. The molecule has 0 amide bonds. The Morgan fingerprint density at radius 3 is 2.70 bits per heavy atom. The minimum atomic E-state index is -0.638. The number of hydrogen-bond acceptors (Lipinski definition) is 5. The number of carbonyl (C=O) groups is 1. The van der Waals surface area contributed by atoms with E-state index in [-0.39, 0.29) is 23.7 Å². The van der Waals surface area contributed by atoms with Gasteiger partial charge in [-0.3, -0.25) is 4.79 Å². The fraction of sp³-hybridized carbons (Fsp3) is 0.682. The second-order valence-electron chi connectivity index (χ2n) is 8.37. The van der Waals surface area contributed by atoms with Gasteiger partial charge in [-0.25, -0.2) is 0 Å². The lowest BCUT2D eigenvalue weighted by molar-refractivity contribution is -0.327. The second-order valence-corrected chi connectivity index (χ2v) is 8.37. The Morgan fingerprint density at radius 1 is 1.11 bits per heavy atom. The van der Waals surface area contributed by atoms with Crippen LogP contribution in [0.5, 0.6) is 5.75 Å². The van der Waals surface area contributed by atoms with Crippen LogP contribution in [0.25, 0.3) is 0 Å². The maximum Gasteiger partial charge on any atom is 0.320 e. The highest BCUT2D eigenvalue weighted by Crippen LogP contribution is 2.65. The summed E-state index contributed by atoms with van der Waals surface area (Å²) in [5, 5.41) is 0. The van der Waals surface area contributed by atoms with E-state index in [1.807, 2.05) is 25.1 Å². The third kappa shape index (κ3) is 2.44. The number of esters is 1. The molecule has 5 nitrogen and oxygen atoms in total. The third-order valence-corrected chi connectivity index (χ3v) is 7.26. The summed E-state index contributed by atoms with van der Waals surface area (Å²) in [5.41, 5.74) is 0.459. The number of hydrogen-bond donors (Lipinski definition) is 0. The Kier molecular flexibility index (Phi) is 4.30. The van der Waals surface area contributed by atoms with E-state index in [2.05, 4.69) is 6.07 Å². The van der Waals surface area contributed by atoms with Crippen LogP contribution >= 0.6 is 0 Å². The lowest BCUT2D eigenvalue weighted by atomic mass is 9.53. The van der Waals surface area contributed by atoms with E-state index >= 15 is 0 Å². The highest BCUT2D eigenvalue weighted by Gasteiger charge is 2.68. The number of ether oxygens (including phenoxy) is 4. The fourth-order valence-corrected chi connectivity index (χ4v) is 6.18. The van der Waals surface area contributed by atoms with Crippen molar-refractivity contribution in [1.82, 2.24) is 0 Å². The number of rotatable bonds is 3. The molecular weight excluding hydrogens is 344 g/mol. The summed E-state index contributed by atoms with van der Waals surface area (Å²) < 4.78 is 24.5. The highest BCUT2D eigenvalue weighted by atomic mass is 16.7. The van der Waals surface area contributed by atoms with Crippen LogP contribution in [0.15, 0.2) is 24.3 Å². The number of carbonyl (C=O) groups excluding carboxylic acids is 1. The molecule has 27 heavy (non-hydrogen) atoms. The smallest absolute Gasteiger partial charge is 0.320 e. The molecule has 146 valence electrons. The van der Waals surface area contributed by atoms with E-state index in [0.29, 0.717) is 25.4 Å². The van der Waals surface area contributed by atoms with Crippen molar-refractivity contribution in [2.75, 3.05) is 26.4 Å². The van der Waals surface area contributed by atoms with Crippen LogP contribution in [0, 0.1) is 17.3 Å². The van der Waals surface area contributed by atoms with Crippen molar-refractivity contribution in [3.8, 4) is 5.75 Å². The maximum absolute atomic E-state index is 13.4. The van der Waals surface area contributed by atoms with E-state index in [1.165, 1.54) is 0 Å². The minimum Gasteiger partial charge on any atom is -0.426 e. The Labute approximate surface area is 160 Å². The zero-order valence-electron chi connectivity index (χ0n) is 15.9. The highest BCUT2D eigenvalue weighted by molar-refractivity contribution is 5.84. The minimum absolute atomic E-state index is 0.000972. The molecule has 4 aliphatic rings. The topological polar surface area (TPSA) is 54.0 Å². The summed E-state index contributed by atoms with van der Waals surface area (Å²) in [6.45, 7) is 4.47. The van der Waals surface area contributed by atoms with Crippen molar-refractivity contribution < 1.29 is 23.7 Å². The van der Waals surface area contributed by atoms with Gasteiger partial charge >= 0.3 is 5.97 Å². The molecule has 1 spiro atoms. The number of fused-ring (bicyclic) bond motifs is 6. The summed E-state index contributed by atoms with van der Waals surface area (Å²) in [5.74, 6) is 0.391. The van der Waals surface area contributed by atoms with Gasteiger partial charge in [0.25, 0.3) is 0 Å². The number of benzene rings is 1. The van der Waals surface area contributed by atoms with Gasteiger partial charge in [-0.15, -0.1) is 0 Å². The van der Waals surface area contributed by atoms with Crippen molar-refractivity contribution in [2.24, 2.45) is 17.3 Å². The monoisotopic (exact) mass is 372 g/mol. The molecule has 0 bridgehead atoms. The molecule has 2 aliphatic heterocycles. The van der Waals surface area contributed by atoms with Gasteiger partial charge < -0.3 is 18.9 Å². The first-order chi connectivity index (χ1) is 13.2. The summed E-state index contributed by atoms with van der Waals surface area (Å²) >= 11 is 0. The third-order valence-electron chi connectivity index (χ3n) is 7.26. The lowest BCUT2D eigenvalue weighted by Crippen LogP contribution is -2.64. The van der Waals surface area contributed by atoms with Gasteiger partial charge in [0, 0.05) is 24.9 Å². The number of para-hydroxylation sites is 1. The van der Waals surface area contributed by atoms with Crippen molar-refractivity contribution >= 4 is 5.97 Å². The van der Waals surface area contributed by atoms with E-state index < -0.39 is 11.2 Å². The van der Waals surface area contributed by atoms with Crippen molar-refractivity contribution in [3.05, 3.63) is 29.8 Å². The van der Waals surface area contributed by atoms with E-state index in [1.54, 1.807) is 0 Å². The summed E-state index contributed by atoms with van der Waals surface area (Å²) in [6.07, 6.45) is 4.78. The van der Waals surface area contributed by atoms with Crippen LogP contribution in [0.2, 0.25) is 0 Å². The van der Waals surface area contributed by atoms with Gasteiger partial charge in [0.2, 0.25) is 0 Å². The molecule has 2 heterocycles. The predicted octanol–water partition coefficient (Wildman–Crippen LogP) is 3.67. The standard InChI is InChI=1S/C22H28O5/c1-2-24-14-21-16-8-5-9-17(16)22(25-11-6-12-26-22)13-18(21)15-7-3-4-10-19(15)27-20(21)23/h3-4,7,10,16-18H,2,5-6,8-9,11-14H2,1H3. The van der Waals surface area contributed by atoms with Crippen molar-refractivity contribution in [3.63, 3.8) is 0 Å². The van der Waals surface area contributed by atoms with Crippen LogP contribution in [-0.2, 0) is 19.0 Å². The molecule has 1 saturated heterocycles. The Balaban J connectivity index is 1.66. The lowest BCUT2D eigenvalue weighted by Gasteiger charge is -2.58. The van der Waals surface area contributed by atoms with Crippen LogP contribution in [-0.4, -0.2) is 38.2 Å². The van der Waals surface area contributed by atoms with Crippen LogP contribution in [0.1, 0.15) is 50.5 Å². The predicted molar refractivity (Wildman–Crippen MR) is 98.4 cm³/mol. The van der Waals surface area contributed by atoms with Crippen LogP contribution < -0.4 is 4.74 Å². The first kappa shape index (κ1) is 17.7. The molecule has 0 aromatic heterocycles. The summed E-state index contributed by atoms with van der Waals surface area (Å²) in [7, 11) is 0. The second kappa shape index (κ2) is 6.57. The maximum atomic E-state index is 13.4. The van der Waals surface area contributed by atoms with Crippen molar-refractivity contribution in [2.45, 2.75) is 50.7 Å². The molecule has 0 N–H and O–H groups in total. The molecule has 2 saturated carbocycles. The molecule has 4 unspecified atom stereocenters. The Morgan fingerprint density at radius 2 is 1.89 bits per heavy atom. The SMILES string of the molecule is CCOCC12C(=O)Oc3ccccc3C1CC1(OCCCO1)C1CCCC12. The van der Waals surface area contributed by atoms with Gasteiger partial charge in [0.05, 0.1) is 19.8 Å². The van der Waals surface area contributed by atoms with Gasteiger partial charge in [0.15, 0.2) is 5.79 Å². The largest absolute Gasteiger partial charge is 0.426 e. The van der Waals surface area contributed by atoms with E-state index in [4.69, 9.17) is 18.9 Å². The molecule has 3 fully saturated rings. The zero-order chi connectivity index (χ0) is 18.5. The van der Waals surface area contributed by atoms with Crippen molar-refractivity contribution in [1.29, 1.82) is 0 Å². The molecule has 5 rings (SSSR count). The van der Waals surface area contributed by atoms with Crippen LogP contribution in [0.4, 0.5) is 0 Å². The quantitative estimate of drug-likeness (QED) is 0.599. The fourth-order valence-electron chi connectivity index (χ4n) is 6.18. The average molecular weight is 372 g/mol. The molecule has 4 atom stereocenters. The molecule has 0 radical (unpaired) electrons. The Bertz CT molecular complexity index is 725. The summed E-state index contributed by atoms with van der Waals surface area (Å²) in [4.78, 5) is 13.4. The average Bonchev–Trinajstić information content (AvgIpc) is 3.20. The Hall–Kier alpha value is -1.43. The molecule has 1 aromatic rings. The van der Waals surface area contributed by atoms with Gasteiger partial charge in [-0.2, -0.15) is 0 Å². The van der Waals surface area contributed by atoms with E-state index in [9.17, 15) is 4.79 Å². The van der Waals surface area contributed by atoms with E-state index in [0.717, 1.165) is 44.5 Å². The van der Waals surface area contributed by atoms with Gasteiger partial charge in [0.1, 0.15) is 11.2 Å². The summed E-state index contributed by atoms with van der Waals surface area (Å²) in [6, 6.07) is 7.94. The molecule has 5 heteroatoms. The van der Waals surface area contributed by atoms with Gasteiger partial charge in [-0.05, 0) is 43.7 Å². The zero-order valence-corrected chi connectivity index (χ0v) is 15.9. The first-order valence-electron chi connectivity index (χ1n) is 10.4. The molecule has 1 aromatic carbocycles. The normalized spacial score (nSPS) is 36.6. The molecule has 2 aliphatic carbocycles. The first-order valence-corrected chi connectivity index (χ1v) is 10.4. The van der Waals surface area contributed by atoms with Crippen LogP contribution in [0.3, 0.4) is 0 Å².